The van der Waals surface area contributed by atoms with E-state index in [4.69, 9.17) is 0 Å². The Hall–Kier alpha value is -1.10. The average molecular weight is 282 g/mol. The average Bonchev–Trinajstić information content (AvgIpc) is 2.98. The fourth-order valence-electron chi connectivity index (χ4n) is 3.32. The van der Waals surface area contributed by atoms with Crippen molar-refractivity contribution in [3.05, 3.63) is 0 Å². The van der Waals surface area contributed by atoms with Crippen molar-refractivity contribution >= 4 is 11.9 Å². The highest BCUT2D eigenvalue weighted by atomic mass is 16.4. The van der Waals surface area contributed by atoms with Crippen molar-refractivity contribution in [3.63, 3.8) is 0 Å². The van der Waals surface area contributed by atoms with E-state index < -0.39 is 11.4 Å². The topological polar surface area (TPSA) is 60.9 Å². The van der Waals surface area contributed by atoms with E-state index in [1.165, 1.54) is 12.8 Å². The third-order valence-corrected chi connectivity index (χ3v) is 5.04. The quantitative estimate of drug-likeness (QED) is 0.831. The lowest BCUT2D eigenvalue weighted by molar-refractivity contribution is -0.154. The van der Waals surface area contributed by atoms with Gasteiger partial charge in [-0.15, -0.1) is 0 Å². The fourth-order valence-corrected chi connectivity index (χ4v) is 3.32. The van der Waals surface area contributed by atoms with Gasteiger partial charge in [-0.05, 0) is 45.2 Å². The molecule has 20 heavy (non-hydrogen) atoms. The molecule has 2 aliphatic rings. The molecule has 1 N–H and O–H groups in total. The van der Waals surface area contributed by atoms with E-state index in [0.29, 0.717) is 38.8 Å². The zero-order chi connectivity index (χ0) is 14.6. The summed E-state index contributed by atoms with van der Waals surface area (Å²) in [6.45, 7) is 6.21. The maximum atomic E-state index is 12.2. The fraction of sp³-hybridized carbons (Fsp3) is 0.867. The van der Waals surface area contributed by atoms with Crippen molar-refractivity contribution < 1.29 is 14.7 Å². The molecular weight excluding hydrogens is 256 g/mol. The number of piperidine rings is 1. The largest absolute Gasteiger partial charge is 0.481 e. The molecule has 2 rings (SSSR count). The summed E-state index contributed by atoms with van der Waals surface area (Å²) in [4.78, 5) is 27.7. The molecule has 0 saturated carbocycles. The summed E-state index contributed by atoms with van der Waals surface area (Å²) in [5.41, 5.74) is -0.605. The molecule has 0 aromatic heterocycles. The smallest absolute Gasteiger partial charge is 0.309 e. The van der Waals surface area contributed by atoms with Crippen LogP contribution in [0.15, 0.2) is 0 Å². The third kappa shape index (κ3) is 3.32. The molecule has 2 aliphatic heterocycles. The maximum absolute atomic E-state index is 12.2. The van der Waals surface area contributed by atoms with Crippen LogP contribution in [0, 0.1) is 5.41 Å². The van der Waals surface area contributed by atoms with E-state index >= 15 is 0 Å². The predicted octanol–water partition coefficient (Wildman–Crippen LogP) is 1.58. The Bertz CT molecular complexity index is 356. The van der Waals surface area contributed by atoms with Gasteiger partial charge in [-0.25, -0.2) is 0 Å². The van der Waals surface area contributed by atoms with Gasteiger partial charge in [0.05, 0.1) is 5.41 Å². The summed E-state index contributed by atoms with van der Waals surface area (Å²) in [6, 6.07) is 0. The molecule has 0 bridgehead atoms. The molecule has 0 aromatic rings. The molecule has 0 aliphatic carbocycles. The Balaban J connectivity index is 1.77. The highest BCUT2D eigenvalue weighted by molar-refractivity contribution is 5.78. The van der Waals surface area contributed by atoms with Crippen molar-refractivity contribution in [1.82, 2.24) is 9.80 Å². The third-order valence-electron chi connectivity index (χ3n) is 5.04. The van der Waals surface area contributed by atoms with Gasteiger partial charge in [0.25, 0.3) is 0 Å². The minimum Gasteiger partial charge on any atom is -0.481 e. The summed E-state index contributed by atoms with van der Waals surface area (Å²) in [6.07, 6.45) is 4.90. The summed E-state index contributed by atoms with van der Waals surface area (Å²) >= 11 is 0. The van der Waals surface area contributed by atoms with Crippen LogP contribution < -0.4 is 0 Å². The first-order valence-corrected chi connectivity index (χ1v) is 7.81. The van der Waals surface area contributed by atoms with Crippen molar-refractivity contribution in [2.75, 3.05) is 32.7 Å². The number of likely N-dealkylation sites (tertiary alicyclic amines) is 2. The van der Waals surface area contributed by atoms with Crippen LogP contribution in [-0.2, 0) is 9.59 Å². The van der Waals surface area contributed by atoms with Gasteiger partial charge in [0.1, 0.15) is 0 Å². The molecule has 2 saturated heterocycles. The Labute approximate surface area is 120 Å². The number of carbonyl (C=O) groups excluding carboxylic acids is 1. The molecule has 114 valence electrons. The van der Waals surface area contributed by atoms with E-state index in [9.17, 15) is 14.7 Å². The second kappa shape index (κ2) is 6.57. The van der Waals surface area contributed by atoms with Crippen LogP contribution in [0.25, 0.3) is 0 Å². The molecule has 1 amide bonds. The second-order valence-electron chi connectivity index (χ2n) is 6.12. The number of aliphatic carboxylic acids is 1. The zero-order valence-electron chi connectivity index (χ0n) is 12.4. The predicted molar refractivity (Wildman–Crippen MR) is 76.5 cm³/mol. The van der Waals surface area contributed by atoms with Gasteiger partial charge >= 0.3 is 5.97 Å². The van der Waals surface area contributed by atoms with Gasteiger partial charge in [-0.3, -0.25) is 9.59 Å². The Morgan fingerprint density at radius 2 is 1.70 bits per heavy atom. The van der Waals surface area contributed by atoms with Crippen LogP contribution in [0.5, 0.6) is 0 Å². The van der Waals surface area contributed by atoms with E-state index in [-0.39, 0.29) is 5.91 Å². The van der Waals surface area contributed by atoms with Crippen LogP contribution in [-0.4, -0.2) is 59.5 Å². The molecule has 0 aromatic carbocycles. The number of nitrogens with zero attached hydrogens (tertiary/aromatic N) is 2. The maximum Gasteiger partial charge on any atom is 0.309 e. The molecule has 0 atom stereocenters. The number of carboxylic acid groups (broad SMARTS) is 1. The highest BCUT2D eigenvalue weighted by Gasteiger charge is 2.40. The standard InChI is InChI=1S/C15H26N2O3/c1-2-15(14(19)20)6-11-17(12-7-15)13(18)5-10-16-8-3-4-9-16/h2-12H2,1H3,(H,19,20). The number of carboxylic acids is 1. The van der Waals surface area contributed by atoms with Crippen LogP contribution in [0.4, 0.5) is 0 Å². The number of amides is 1. The molecular formula is C15H26N2O3. The summed E-state index contributed by atoms with van der Waals surface area (Å²) in [5.74, 6) is -0.517. The summed E-state index contributed by atoms with van der Waals surface area (Å²) in [7, 11) is 0. The van der Waals surface area contributed by atoms with Gasteiger partial charge in [-0.1, -0.05) is 6.92 Å². The minimum absolute atomic E-state index is 0.187. The molecule has 0 spiro atoms. The minimum atomic E-state index is -0.704. The Morgan fingerprint density at radius 1 is 1.10 bits per heavy atom. The van der Waals surface area contributed by atoms with E-state index in [1.807, 2.05) is 11.8 Å². The molecule has 5 nitrogen and oxygen atoms in total. The van der Waals surface area contributed by atoms with Crippen LogP contribution in [0.3, 0.4) is 0 Å². The molecule has 0 radical (unpaired) electrons. The van der Waals surface area contributed by atoms with E-state index in [2.05, 4.69) is 4.90 Å². The van der Waals surface area contributed by atoms with E-state index in [1.54, 1.807) is 0 Å². The van der Waals surface area contributed by atoms with Gasteiger partial charge in [-0.2, -0.15) is 0 Å². The number of hydrogen-bond donors (Lipinski definition) is 1. The first-order chi connectivity index (χ1) is 9.57. The van der Waals surface area contributed by atoms with Crippen LogP contribution >= 0.6 is 0 Å². The molecule has 2 fully saturated rings. The Morgan fingerprint density at radius 3 is 2.20 bits per heavy atom. The first kappa shape index (κ1) is 15.3. The monoisotopic (exact) mass is 282 g/mol. The van der Waals surface area contributed by atoms with Crippen molar-refractivity contribution in [2.45, 2.75) is 45.4 Å². The van der Waals surface area contributed by atoms with Crippen LogP contribution in [0.2, 0.25) is 0 Å². The van der Waals surface area contributed by atoms with Gasteiger partial charge in [0, 0.05) is 26.1 Å². The summed E-state index contributed by atoms with van der Waals surface area (Å²) in [5, 5.41) is 9.35. The van der Waals surface area contributed by atoms with Crippen molar-refractivity contribution in [3.8, 4) is 0 Å². The normalized spacial score (nSPS) is 22.9. The van der Waals surface area contributed by atoms with Crippen LogP contribution in [0.1, 0.15) is 45.4 Å². The zero-order valence-corrected chi connectivity index (χ0v) is 12.4. The highest BCUT2D eigenvalue weighted by Crippen LogP contribution is 2.35. The van der Waals surface area contributed by atoms with Gasteiger partial charge in [0.2, 0.25) is 5.91 Å². The first-order valence-electron chi connectivity index (χ1n) is 7.81. The SMILES string of the molecule is CCC1(C(=O)O)CCN(C(=O)CCN2CCCC2)CC1. The number of carbonyl (C=O) groups is 2. The number of hydrogen-bond acceptors (Lipinski definition) is 3. The lowest BCUT2D eigenvalue weighted by Gasteiger charge is -2.38. The van der Waals surface area contributed by atoms with Crippen molar-refractivity contribution in [2.24, 2.45) is 5.41 Å². The van der Waals surface area contributed by atoms with E-state index in [0.717, 1.165) is 19.6 Å². The van der Waals surface area contributed by atoms with Gasteiger partial charge in [0.15, 0.2) is 0 Å². The molecule has 5 heteroatoms. The lowest BCUT2D eigenvalue weighted by Crippen LogP contribution is -2.46. The lowest BCUT2D eigenvalue weighted by atomic mass is 9.76. The Kier molecular flexibility index (Phi) is 5.02. The van der Waals surface area contributed by atoms with Crippen molar-refractivity contribution in [1.29, 1.82) is 0 Å². The second-order valence-corrected chi connectivity index (χ2v) is 6.12. The number of rotatable bonds is 5. The van der Waals surface area contributed by atoms with Gasteiger partial charge < -0.3 is 14.9 Å². The summed E-state index contributed by atoms with van der Waals surface area (Å²) < 4.78 is 0. The molecule has 0 unspecified atom stereocenters. The molecule has 2 heterocycles.